The van der Waals surface area contributed by atoms with Crippen LogP contribution in [0.25, 0.3) is 0 Å². The quantitative estimate of drug-likeness (QED) is 0.907. The molecule has 0 aromatic heterocycles. The highest BCUT2D eigenvalue weighted by Gasteiger charge is 2.26. The highest BCUT2D eigenvalue weighted by Crippen LogP contribution is 2.22. The van der Waals surface area contributed by atoms with Crippen LogP contribution in [0.4, 0.5) is 4.39 Å². The summed E-state index contributed by atoms with van der Waals surface area (Å²) in [4.78, 5) is 13.5. The Bertz CT molecular complexity index is 481. The zero-order valence-corrected chi connectivity index (χ0v) is 11.0. The van der Waals surface area contributed by atoms with Crippen molar-refractivity contribution < 1.29 is 14.3 Å². The predicted octanol–water partition coefficient (Wildman–Crippen LogP) is 3.03. The van der Waals surface area contributed by atoms with Gasteiger partial charge in [-0.05, 0) is 24.1 Å². The van der Waals surface area contributed by atoms with E-state index in [2.05, 4.69) is 0 Å². The molecule has 0 bridgehead atoms. The summed E-state index contributed by atoms with van der Waals surface area (Å²) in [7, 11) is 0. The van der Waals surface area contributed by atoms with Crippen molar-refractivity contribution in [2.24, 2.45) is 5.92 Å². The van der Waals surface area contributed by atoms with Gasteiger partial charge in [0.15, 0.2) is 0 Å². The number of aliphatic hydroxyl groups is 1. The van der Waals surface area contributed by atoms with Gasteiger partial charge in [0.2, 0.25) is 5.91 Å². The van der Waals surface area contributed by atoms with Gasteiger partial charge in [-0.25, -0.2) is 4.39 Å². The van der Waals surface area contributed by atoms with E-state index < -0.39 is 0 Å². The zero-order chi connectivity index (χ0) is 13.8. The SMILES string of the molecule is CCCC1CN(Cc2ccc(F)cc2)C(=O)C=C1O. The minimum Gasteiger partial charge on any atom is -0.512 e. The highest BCUT2D eigenvalue weighted by atomic mass is 19.1. The molecule has 0 radical (unpaired) electrons. The molecule has 3 nitrogen and oxygen atoms in total. The standard InChI is InChI=1S/C15H18FNO2/c1-2-3-12-10-17(15(19)8-14(12)18)9-11-4-6-13(16)7-5-11/h4-8,12,18H,2-3,9-10H2,1H3. The molecule has 1 unspecified atom stereocenters. The largest absolute Gasteiger partial charge is 0.512 e. The van der Waals surface area contributed by atoms with E-state index in [0.29, 0.717) is 13.1 Å². The molecule has 0 spiro atoms. The van der Waals surface area contributed by atoms with E-state index in [-0.39, 0.29) is 23.4 Å². The van der Waals surface area contributed by atoms with E-state index in [1.807, 2.05) is 6.92 Å². The molecular weight excluding hydrogens is 245 g/mol. The smallest absolute Gasteiger partial charge is 0.250 e. The van der Waals surface area contributed by atoms with Gasteiger partial charge in [0.1, 0.15) is 11.6 Å². The van der Waals surface area contributed by atoms with Crippen molar-refractivity contribution in [3.63, 3.8) is 0 Å². The average Bonchev–Trinajstić information content (AvgIpc) is 2.38. The Hall–Kier alpha value is -1.84. The lowest BCUT2D eigenvalue weighted by Crippen LogP contribution is -2.38. The minimum atomic E-state index is -0.282. The third-order valence-electron chi connectivity index (χ3n) is 3.37. The third kappa shape index (κ3) is 3.34. The van der Waals surface area contributed by atoms with E-state index in [9.17, 15) is 14.3 Å². The van der Waals surface area contributed by atoms with E-state index in [4.69, 9.17) is 0 Å². The van der Waals surface area contributed by atoms with Crippen LogP contribution in [0.5, 0.6) is 0 Å². The summed E-state index contributed by atoms with van der Waals surface area (Å²) in [6, 6.07) is 6.13. The number of hydrogen-bond acceptors (Lipinski definition) is 2. The molecule has 1 aliphatic rings. The summed E-state index contributed by atoms with van der Waals surface area (Å²) in [6.45, 7) is 3.02. The Morgan fingerprint density at radius 3 is 2.68 bits per heavy atom. The molecule has 19 heavy (non-hydrogen) atoms. The molecule has 1 amide bonds. The van der Waals surface area contributed by atoms with Crippen LogP contribution in [-0.4, -0.2) is 22.5 Å². The van der Waals surface area contributed by atoms with Crippen LogP contribution in [0, 0.1) is 11.7 Å². The summed E-state index contributed by atoms with van der Waals surface area (Å²) < 4.78 is 12.8. The summed E-state index contributed by atoms with van der Waals surface area (Å²) in [5.74, 6) is -0.269. The van der Waals surface area contributed by atoms with Gasteiger partial charge in [0.05, 0.1) is 0 Å². The first-order chi connectivity index (χ1) is 9.10. The molecule has 102 valence electrons. The van der Waals surface area contributed by atoms with Crippen LogP contribution in [0.2, 0.25) is 0 Å². The molecule has 0 fully saturated rings. The van der Waals surface area contributed by atoms with E-state index >= 15 is 0 Å². The summed E-state index contributed by atoms with van der Waals surface area (Å²) in [5, 5.41) is 9.75. The van der Waals surface area contributed by atoms with Crippen molar-refractivity contribution in [3.05, 3.63) is 47.5 Å². The Labute approximate surface area is 112 Å². The zero-order valence-electron chi connectivity index (χ0n) is 11.0. The maximum atomic E-state index is 12.8. The molecular formula is C15H18FNO2. The van der Waals surface area contributed by atoms with Crippen molar-refractivity contribution in [2.75, 3.05) is 6.54 Å². The average molecular weight is 263 g/mol. The van der Waals surface area contributed by atoms with Crippen LogP contribution in [0.1, 0.15) is 25.3 Å². The topological polar surface area (TPSA) is 40.5 Å². The summed E-state index contributed by atoms with van der Waals surface area (Å²) in [5.41, 5.74) is 0.889. The van der Waals surface area contributed by atoms with Crippen LogP contribution >= 0.6 is 0 Å². The van der Waals surface area contributed by atoms with E-state index in [1.165, 1.54) is 18.2 Å². The maximum Gasteiger partial charge on any atom is 0.250 e. The number of carbonyl (C=O) groups is 1. The number of carbonyl (C=O) groups excluding carboxylic acids is 1. The highest BCUT2D eigenvalue weighted by molar-refractivity contribution is 5.89. The molecule has 1 aliphatic heterocycles. The number of rotatable bonds is 4. The minimum absolute atomic E-state index is 0.0168. The van der Waals surface area contributed by atoms with Gasteiger partial charge in [0.25, 0.3) is 0 Å². The predicted molar refractivity (Wildman–Crippen MR) is 70.9 cm³/mol. The van der Waals surface area contributed by atoms with Crippen molar-refractivity contribution in [2.45, 2.75) is 26.3 Å². The van der Waals surface area contributed by atoms with Crippen LogP contribution < -0.4 is 0 Å². The fourth-order valence-corrected chi connectivity index (χ4v) is 2.33. The van der Waals surface area contributed by atoms with Gasteiger partial charge in [-0.15, -0.1) is 0 Å². The summed E-state index contributed by atoms with van der Waals surface area (Å²) >= 11 is 0. The molecule has 0 saturated heterocycles. The van der Waals surface area contributed by atoms with Gasteiger partial charge in [-0.2, -0.15) is 0 Å². The lowest BCUT2D eigenvalue weighted by atomic mass is 9.97. The molecule has 1 aromatic rings. The Morgan fingerprint density at radius 2 is 2.05 bits per heavy atom. The molecule has 2 rings (SSSR count). The van der Waals surface area contributed by atoms with E-state index in [1.54, 1.807) is 17.0 Å². The second-order valence-electron chi connectivity index (χ2n) is 4.90. The Kier molecular flexibility index (Phi) is 4.20. The second kappa shape index (κ2) is 5.87. The molecule has 0 saturated carbocycles. The van der Waals surface area contributed by atoms with Gasteiger partial charge in [0, 0.05) is 25.1 Å². The number of nitrogens with zero attached hydrogens (tertiary/aromatic N) is 1. The first-order valence-electron chi connectivity index (χ1n) is 6.54. The second-order valence-corrected chi connectivity index (χ2v) is 4.90. The van der Waals surface area contributed by atoms with Crippen LogP contribution in [-0.2, 0) is 11.3 Å². The maximum absolute atomic E-state index is 12.8. The van der Waals surface area contributed by atoms with Crippen LogP contribution in [0.3, 0.4) is 0 Å². The fraction of sp³-hybridized carbons (Fsp3) is 0.400. The third-order valence-corrected chi connectivity index (χ3v) is 3.37. The van der Waals surface area contributed by atoms with Crippen molar-refractivity contribution >= 4 is 5.91 Å². The normalized spacial score (nSPS) is 19.5. The van der Waals surface area contributed by atoms with Gasteiger partial charge >= 0.3 is 0 Å². The van der Waals surface area contributed by atoms with Crippen molar-refractivity contribution in [1.29, 1.82) is 0 Å². The molecule has 0 aliphatic carbocycles. The molecule has 1 heterocycles. The van der Waals surface area contributed by atoms with Crippen molar-refractivity contribution in [3.8, 4) is 0 Å². The van der Waals surface area contributed by atoms with E-state index in [0.717, 1.165) is 18.4 Å². The number of aliphatic hydroxyl groups excluding tert-OH is 1. The number of halogens is 1. The molecule has 4 heteroatoms. The Balaban J connectivity index is 2.08. The van der Waals surface area contributed by atoms with Gasteiger partial charge < -0.3 is 10.0 Å². The first kappa shape index (κ1) is 13.6. The fourth-order valence-electron chi connectivity index (χ4n) is 2.33. The monoisotopic (exact) mass is 263 g/mol. The van der Waals surface area contributed by atoms with Crippen molar-refractivity contribution in [1.82, 2.24) is 4.90 Å². The molecule has 1 atom stereocenters. The number of hydrogen-bond donors (Lipinski definition) is 1. The number of benzene rings is 1. The summed E-state index contributed by atoms with van der Waals surface area (Å²) in [6.07, 6.45) is 3.12. The lowest BCUT2D eigenvalue weighted by molar-refractivity contribution is -0.128. The molecule has 1 aromatic carbocycles. The Morgan fingerprint density at radius 1 is 1.37 bits per heavy atom. The number of amides is 1. The first-order valence-corrected chi connectivity index (χ1v) is 6.54. The lowest BCUT2D eigenvalue weighted by Gasteiger charge is -2.30. The van der Waals surface area contributed by atoms with Gasteiger partial charge in [-0.1, -0.05) is 25.5 Å². The molecule has 1 N–H and O–H groups in total. The van der Waals surface area contributed by atoms with Crippen LogP contribution in [0.15, 0.2) is 36.1 Å². The van der Waals surface area contributed by atoms with Gasteiger partial charge in [-0.3, -0.25) is 4.79 Å².